The maximum atomic E-state index is 15.4. The predicted octanol–water partition coefficient (Wildman–Crippen LogP) is 3.62. The predicted molar refractivity (Wildman–Crippen MR) is 137 cm³/mol. The number of para-hydroxylation sites is 1. The van der Waals surface area contributed by atoms with Crippen LogP contribution in [0.1, 0.15) is 37.3 Å². The van der Waals surface area contributed by atoms with Crippen LogP contribution < -0.4 is 21.5 Å². The van der Waals surface area contributed by atoms with E-state index in [4.69, 9.17) is 5.73 Å². The zero-order valence-corrected chi connectivity index (χ0v) is 21.0. The highest BCUT2D eigenvalue weighted by atomic mass is 19.1. The maximum absolute atomic E-state index is 15.4. The van der Waals surface area contributed by atoms with Gasteiger partial charge in [-0.2, -0.15) is 14.9 Å². The SMILES string of the molecule is CC(C)n1ncc2c(N3C[C@@H](C)[C@@H](N)C3)c(NC(=O)c3ccc(=O)n(-c4c(F)cccc4F)n3)cc(F)c21. The second kappa shape index (κ2) is 9.60. The normalized spacial score (nSPS) is 17.5. The molecule has 2 aromatic heterocycles. The van der Waals surface area contributed by atoms with E-state index in [1.165, 1.54) is 6.07 Å². The molecule has 0 bridgehead atoms. The molecular formula is C26H26F3N7O2. The van der Waals surface area contributed by atoms with Crippen LogP contribution in [0.15, 0.2) is 47.4 Å². The summed E-state index contributed by atoms with van der Waals surface area (Å²) in [5.41, 5.74) is 5.41. The highest BCUT2D eigenvalue weighted by Gasteiger charge is 2.31. The fraction of sp³-hybridized carbons (Fsp3) is 0.308. The fourth-order valence-electron chi connectivity index (χ4n) is 4.75. The molecule has 2 atom stereocenters. The van der Waals surface area contributed by atoms with Gasteiger partial charge in [0.05, 0.1) is 17.6 Å². The van der Waals surface area contributed by atoms with Gasteiger partial charge >= 0.3 is 0 Å². The Hall–Kier alpha value is -4.19. The molecule has 0 aliphatic carbocycles. The van der Waals surface area contributed by atoms with E-state index in [0.717, 1.165) is 30.3 Å². The minimum absolute atomic E-state index is 0.112. The number of benzene rings is 2. The second-order valence-electron chi connectivity index (χ2n) is 9.74. The Balaban J connectivity index is 1.60. The van der Waals surface area contributed by atoms with Crippen molar-refractivity contribution in [2.45, 2.75) is 32.9 Å². The summed E-state index contributed by atoms with van der Waals surface area (Å²) in [6.07, 6.45) is 1.55. The average molecular weight is 526 g/mol. The monoisotopic (exact) mass is 525 g/mol. The van der Waals surface area contributed by atoms with E-state index in [2.05, 4.69) is 15.5 Å². The molecule has 0 unspecified atom stereocenters. The molecule has 4 aromatic rings. The number of amides is 1. The molecule has 3 N–H and O–H groups in total. The lowest BCUT2D eigenvalue weighted by atomic mass is 10.1. The van der Waals surface area contributed by atoms with Crippen molar-refractivity contribution in [3.63, 3.8) is 0 Å². The largest absolute Gasteiger partial charge is 0.367 e. The van der Waals surface area contributed by atoms with Crippen LogP contribution in [0.2, 0.25) is 0 Å². The van der Waals surface area contributed by atoms with Crippen molar-refractivity contribution >= 4 is 28.2 Å². The van der Waals surface area contributed by atoms with E-state index >= 15 is 4.39 Å². The van der Waals surface area contributed by atoms with E-state index in [9.17, 15) is 18.4 Å². The van der Waals surface area contributed by atoms with Crippen LogP contribution in [0.3, 0.4) is 0 Å². The first-order valence-electron chi connectivity index (χ1n) is 12.1. The summed E-state index contributed by atoms with van der Waals surface area (Å²) < 4.78 is 46.1. The number of rotatable bonds is 5. The number of hydrogen-bond donors (Lipinski definition) is 2. The molecular weight excluding hydrogens is 499 g/mol. The Bertz CT molecular complexity index is 1580. The zero-order chi connectivity index (χ0) is 27.3. The molecule has 1 fully saturated rings. The molecule has 5 rings (SSSR count). The summed E-state index contributed by atoms with van der Waals surface area (Å²) in [6.45, 7) is 6.83. The lowest BCUT2D eigenvalue weighted by Crippen LogP contribution is -2.29. The molecule has 1 saturated heterocycles. The van der Waals surface area contributed by atoms with Crippen LogP contribution >= 0.6 is 0 Å². The molecule has 0 radical (unpaired) electrons. The summed E-state index contributed by atoms with van der Waals surface area (Å²) in [5.74, 6) is -3.28. The van der Waals surface area contributed by atoms with Crippen LogP contribution in [0.5, 0.6) is 0 Å². The van der Waals surface area contributed by atoms with E-state index in [1.54, 1.807) is 10.9 Å². The van der Waals surface area contributed by atoms with Crippen molar-refractivity contribution in [1.29, 1.82) is 0 Å². The summed E-state index contributed by atoms with van der Waals surface area (Å²) >= 11 is 0. The Morgan fingerprint density at radius 3 is 2.42 bits per heavy atom. The molecule has 9 nitrogen and oxygen atoms in total. The van der Waals surface area contributed by atoms with Gasteiger partial charge in [0.15, 0.2) is 17.5 Å². The lowest BCUT2D eigenvalue weighted by molar-refractivity contribution is 0.102. The first kappa shape index (κ1) is 25.5. The van der Waals surface area contributed by atoms with Gasteiger partial charge in [-0.25, -0.2) is 13.2 Å². The second-order valence-corrected chi connectivity index (χ2v) is 9.74. The van der Waals surface area contributed by atoms with Gasteiger partial charge in [0, 0.05) is 42.7 Å². The maximum Gasteiger partial charge on any atom is 0.276 e. The van der Waals surface area contributed by atoms with Crippen molar-refractivity contribution in [2.75, 3.05) is 23.3 Å². The molecule has 38 heavy (non-hydrogen) atoms. The topological polar surface area (TPSA) is 111 Å². The number of nitrogens with one attached hydrogen (secondary N) is 1. The zero-order valence-electron chi connectivity index (χ0n) is 21.0. The minimum atomic E-state index is -1.02. The van der Waals surface area contributed by atoms with Gasteiger partial charge in [0.2, 0.25) is 0 Å². The third-order valence-electron chi connectivity index (χ3n) is 6.71. The minimum Gasteiger partial charge on any atom is -0.367 e. The highest BCUT2D eigenvalue weighted by Crippen LogP contribution is 2.39. The van der Waals surface area contributed by atoms with E-state index in [1.807, 2.05) is 25.7 Å². The number of nitrogens with zero attached hydrogens (tertiary/aromatic N) is 5. The quantitative estimate of drug-likeness (QED) is 0.412. The molecule has 12 heteroatoms. The Kier molecular flexibility index (Phi) is 6.43. The standard InChI is InChI=1S/C26H26F3N7O2/c1-13(2)35-23-15(10-31-35)24(34-11-14(3)19(30)12-34)21(9-18(23)29)32-26(38)20-7-8-22(37)36(33-20)25-16(27)5-4-6-17(25)28/h4-10,13-14,19H,11-12,30H2,1-3H3,(H,32,38)/t14-,19+/m1/s1. The number of fused-ring (bicyclic) bond motifs is 1. The summed E-state index contributed by atoms with van der Waals surface area (Å²) in [7, 11) is 0. The molecule has 0 spiro atoms. The van der Waals surface area contributed by atoms with E-state index in [0.29, 0.717) is 34.4 Å². The number of carbonyl (C=O) groups excluding carboxylic acids is 1. The van der Waals surface area contributed by atoms with E-state index in [-0.39, 0.29) is 29.4 Å². The summed E-state index contributed by atoms with van der Waals surface area (Å²) in [6, 6.07) is 6.17. The van der Waals surface area contributed by atoms with Crippen LogP contribution in [-0.2, 0) is 0 Å². The average Bonchev–Trinajstić information content (AvgIpc) is 3.44. The number of nitrogens with two attached hydrogens (primary N) is 1. The van der Waals surface area contributed by atoms with Crippen LogP contribution in [0, 0.1) is 23.4 Å². The molecule has 1 aliphatic heterocycles. The number of hydrogen-bond acceptors (Lipinski definition) is 6. The van der Waals surface area contributed by atoms with Gasteiger partial charge in [-0.05, 0) is 38.0 Å². The summed E-state index contributed by atoms with van der Waals surface area (Å²) in [5, 5.41) is 11.4. The Morgan fingerprint density at radius 1 is 1.08 bits per heavy atom. The molecule has 1 amide bonds. The third-order valence-corrected chi connectivity index (χ3v) is 6.71. The lowest BCUT2D eigenvalue weighted by Gasteiger charge is -2.24. The van der Waals surface area contributed by atoms with Gasteiger partial charge in [-0.3, -0.25) is 14.3 Å². The van der Waals surface area contributed by atoms with Gasteiger partial charge < -0.3 is 16.0 Å². The summed E-state index contributed by atoms with van der Waals surface area (Å²) in [4.78, 5) is 27.6. The van der Waals surface area contributed by atoms with Crippen molar-refractivity contribution in [1.82, 2.24) is 19.6 Å². The van der Waals surface area contributed by atoms with Crippen LogP contribution in [0.4, 0.5) is 24.5 Å². The van der Waals surface area contributed by atoms with Gasteiger partial charge in [-0.15, -0.1) is 0 Å². The van der Waals surface area contributed by atoms with Crippen molar-refractivity contribution in [3.05, 3.63) is 76.1 Å². The Labute approximate surface area is 215 Å². The number of aromatic nitrogens is 4. The molecule has 198 valence electrons. The van der Waals surface area contributed by atoms with Crippen molar-refractivity contribution < 1.29 is 18.0 Å². The van der Waals surface area contributed by atoms with Crippen LogP contribution in [0.25, 0.3) is 16.6 Å². The third kappa shape index (κ3) is 4.30. The first-order chi connectivity index (χ1) is 18.1. The molecule has 0 saturated carbocycles. The smallest absolute Gasteiger partial charge is 0.276 e. The van der Waals surface area contributed by atoms with Crippen molar-refractivity contribution in [2.24, 2.45) is 11.7 Å². The highest BCUT2D eigenvalue weighted by molar-refractivity contribution is 6.09. The van der Waals surface area contributed by atoms with Gasteiger partial charge in [0.1, 0.15) is 16.9 Å². The Morgan fingerprint density at radius 2 is 1.79 bits per heavy atom. The first-order valence-corrected chi connectivity index (χ1v) is 12.1. The number of halogens is 3. The molecule has 1 aliphatic rings. The van der Waals surface area contributed by atoms with Crippen molar-refractivity contribution in [3.8, 4) is 5.69 Å². The molecule has 3 heterocycles. The van der Waals surface area contributed by atoms with E-state index < -0.39 is 34.6 Å². The van der Waals surface area contributed by atoms with Gasteiger partial charge in [0.25, 0.3) is 11.5 Å². The van der Waals surface area contributed by atoms with Gasteiger partial charge in [-0.1, -0.05) is 13.0 Å². The van der Waals surface area contributed by atoms with Crippen LogP contribution in [-0.4, -0.2) is 44.6 Å². The molecule has 2 aromatic carbocycles. The number of carbonyl (C=O) groups is 1. The number of anilines is 2. The fourth-order valence-corrected chi connectivity index (χ4v) is 4.75.